The molecule has 0 bridgehead atoms. The van der Waals surface area contributed by atoms with Gasteiger partial charge < -0.3 is 10.2 Å². The van der Waals surface area contributed by atoms with Crippen molar-refractivity contribution in [3.63, 3.8) is 0 Å². The van der Waals surface area contributed by atoms with Crippen LogP contribution < -0.4 is 0 Å². The summed E-state index contributed by atoms with van der Waals surface area (Å²) < 4.78 is 0. The van der Waals surface area contributed by atoms with Crippen LogP contribution in [0.5, 0.6) is 0 Å². The number of aliphatic carboxylic acids is 1. The van der Waals surface area contributed by atoms with E-state index in [1.807, 2.05) is 0 Å². The second-order valence-electron chi connectivity index (χ2n) is 2.22. The zero-order valence-corrected chi connectivity index (χ0v) is 7.67. The Morgan fingerprint density at radius 1 is 1.50 bits per heavy atom. The highest BCUT2D eigenvalue weighted by atomic mass is 32.1. The summed E-state index contributed by atoms with van der Waals surface area (Å²) in [6.45, 7) is 0. The summed E-state index contributed by atoms with van der Waals surface area (Å²) in [4.78, 5) is 24.1. The maximum absolute atomic E-state index is 10.4. The fourth-order valence-electron chi connectivity index (χ4n) is 0.640. The molecule has 0 atom stereocenters. The number of aromatic carboxylic acids is 1. The lowest BCUT2D eigenvalue weighted by molar-refractivity contribution is -0.135. The molecule has 0 unspecified atom stereocenters. The average molecular weight is 211 g/mol. The molecule has 0 radical (unpaired) electrons. The van der Waals surface area contributed by atoms with Gasteiger partial charge in [-0.25, -0.2) is 9.78 Å². The number of rotatable bonds is 2. The zero-order chi connectivity index (χ0) is 10.6. The van der Waals surface area contributed by atoms with Crippen LogP contribution in [0.3, 0.4) is 0 Å². The van der Waals surface area contributed by atoms with Gasteiger partial charge in [-0.3, -0.25) is 4.79 Å². The van der Waals surface area contributed by atoms with Crippen LogP contribution in [-0.4, -0.2) is 27.1 Å². The molecule has 0 aliphatic carbocycles. The van der Waals surface area contributed by atoms with Gasteiger partial charge in [0, 0.05) is 5.38 Å². The Hall–Kier alpha value is -1.87. The highest BCUT2D eigenvalue weighted by molar-refractivity contribution is 7.11. The van der Waals surface area contributed by atoms with Gasteiger partial charge in [0.25, 0.3) is 0 Å². The van der Waals surface area contributed by atoms with Crippen LogP contribution >= 0.6 is 11.3 Å². The smallest absolute Gasteiger partial charge is 0.365 e. The molecule has 0 saturated carbocycles. The molecule has 0 aliphatic rings. The van der Waals surface area contributed by atoms with Gasteiger partial charge in [0.05, 0.1) is 0 Å². The van der Waals surface area contributed by atoms with Crippen molar-refractivity contribution < 1.29 is 19.8 Å². The molecule has 1 heterocycles. The van der Waals surface area contributed by atoms with Gasteiger partial charge in [-0.1, -0.05) is 5.92 Å². The average Bonchev–Trinajstić information content (AvgIpc) is 2.52. The van der Waals surface area contributed by atoms with Gasteiger partial charge in [-0.05, 0) is 5.92 Å². The van der Waals surface area contributed by atoms with E-state index in [1.165, 1.54) is 5.38 Å². The Bertz CT molecular complexity index is 426. The first-order valence-corrected chi connectivity index (χ1v) is 4.37. The van der Waals surface area contributed by atoms with Crippen LogP contribution in [-0.2, 0) is 4.79 Å². The van der Waals surface area contributed by atoms with Crippen molar-refractivity contribution in [3.8, 4) is 11.8 Å². The normalized spacial score (nSPS) is 8.86. The molecule has 5 nitrogen and oxygen atoms in total. The minimum atomic E-state index is -1.11. The maximum atomic E-state index is 10.4. The number of hydrogen-bond donors (Lipinski definition) is 2. The second-order valence-corrected chi connectivity index (χ2v) is 3.07. The molecule has 0 aliphatic heterocycles. The van der Waals surface area contributed by atoms with Crippen LogP contribution in [0, 0.1) is 11.8 Å². The van der Waals surface area contributed by atoms with Crippen molar-refractivity contribution >= 4 is 23.3 Å². The molecule has 0 saturated heterocycles. The van der Waals surface area contributed by atoms with Gasteiger partial charge in [-0.15, -0.1) is 11.3 Å². The highest BCUT2D eigenvalue weighted by Gasteiger charge is 2.06. The molecule has 1 aromatic rings. The van der Waals surface area contributed by atoms with E-state index in [9.17, 15) is 9.59 Å². The summed E-state index contributed by atoms with van der Waals surface area (Å²) in [6.07, 6.45) is -0.278. The Morgan fingerprint density at radius 3 is 2.71 bits per heavy atom. The molecule has 14 heavy (non-hydrogen) atoms. The Kier molecular flexibility index (Phi) is 3.20. The molecular formula is C8H5NO4S. The van der Waals surface area contributed by atoms with Crippen molar-refractivity contribution in [2.45, 2.75) is 6.42 Å². The van der Waals surface area contributed by atoms with Crippen LogP contribution in [0.2, 0.25) is 0 Å². The summed E-state index contributed by atoms with van der Waals surface area (Å²) in [6, 6.07) is 0. The van der Waals surface area contributed by atoms with Crippen molar-refractivity contribution in [1.29, 1.82) is 0 Å². The molecule has 1 aromatic heterocycles. The Morgan fingerprint density at radius 2 is 2.21 bits per heavy atom. The third-order valence-corrected chi connectivity index (χ3v) is 1.97. The van der Waals surface area contributed by atoms with Crippen LogP contribution in [0.1, 0.15) is 21.9 Å². The van der Waals surface area contributed by atoms with Crippen molar-refractivity contribution in [2.24, 2.45) is 0 Å². The molecule has 1 rings (SSSR count). The lowest BCUT2D eigenvalue weighted by atomic mass is 10.4. The third-order valence-electron chi connectivity index (χ3n) is 1.14. The maximum Gasteiger partial charge on any atom is 0.365 e. The SMILES string of the molecule is O=C(O)CC#Cc1csc(C(=O)O)n1. The standard InChI is InChI=1S/C8H5NO4S/c10-6(11)3-1-2-5-4-14-7(9-5)8(12)13/h4H,3H2,(H,10,11)(H,12,13). The van der Waals surface area contributed by atoms with Crippen LogP contribution in [0.4, 0.5) is 0 Å². The van der Waals surface area contributed by atoms with E-state index in [-0.39, 0.29) is 17.1 Å². The first kappa shape index (κ1) is 10.2. The third kappa shape index (κ3) is 2.88. The molecule has 6 heteroatoms. The molecule has 0 aromatic carbocycles. The van der Waals surface area contributed by atoms with E-state index in [2.05, 4.69) is 16.8 Å². The molecule has 2 N–H and O–H groups in total. The fourth-order valence-corrected chi connectivity index (χ4v) is 1.23. The molecule has 72 valence electrons. The van der Waals surface area contributed by atoms with Gasteiger partial charge in [0.2, 0.25) is 5.01 Å². The number of hydrogen-bond acceptors (Lipinski definition) is 4. The number of aromatic nitrogens is 1. The Balaban J connectivity index is 2.71. The monoisotopic (exact) mass is 211 g/mol. The van der Waals surface area contributed by atoms with E-state index < -0.39 is 11.9 Å². The number of carbonyl (C=O) groups is 2. The zero-order valence-electron chi connectivity index (χ0n) is 6.85. The predicted octanol–water partition coefficient (Wildman–Crippen LogP) is 0.668. The fraction of sp³-hybridized carbons (Fsp3) is 0.125. The lowest BCUT2D eigenvalue weighted by Gasteiger charge is -1.80. The molecular weight excluding hydrogens is 206 g/mol. The quantitative estimate of drug-likeness (QED) is 0.702. The summed E-state index contributed by atoms with van der Waals surface area (Å²) in [5, 5.41) is 18.2. The van der Waals surface area contributed by atoms with Gasteiger partial charge in [0.15, 0.2) is 0 Å². The number of nitrogens with zero attached hydrogens (tertiary/aromatic N) is 1. The summed E-state index contributed by atoms with van der Waals surface area (Å²) in [5.41, 5.74) is 0.286. The first-order chi connectivity index (χ1) is 6.59. The highest BCUT2D eigenvalue weighted by Crippen LogP contribution is 2.08. The summed E-state index contributed by atoms with van der Waals surface area (Å²) >= 11 is 0.956. The van der Waals surface area contributed by atoms with Crippen molar-refractivity contribution in [1.82, 2.24) is 4.98 Å². The number of thiazole rings is 1. The largest absolute Gasteiger partial charge is 0.481 e. The number of carboxylic acids is 2. The van der Waals surface area contributed by atoms with E-state index >= 15 is 0 Å². The predicted molar refractivity (Wildman–Crippen MR) is 48.2 cm³/mol. The van der Waals surface area contributed by atoms with E-state index in [4.69, 9.17) is 10.2 Å². The molecule has 0 amide bonds. The summed E-state index contributed by atoms with van der Waals surface area (Å²) in [7, 11) is 0. The van der Waals surface area contributed by atoms with E-state index in [0.29, 0.717) is 0 Å². The first-order valence-electron chi connectivity index (χ1n) is 3.49. The topological polar surface area (TPSA) is 87.5 Å². The van der Waals surface area contributed by atoms with Gasteiger partial charge in [0.1, 0.15) is 12.1 Å². The minimum Gasteiger partial charge on any atom is -0.481 e. The van der Waals surface area contributed by atoms with Gasteiger partial charge in [-0.2, -0.15) is 0 Å². The van der Waals surface area contributed by atoms with Gasteiger partial charge >= 0.3 is 11.9 Å². The second kappa shape index (κ2) is 4.39. The number of carboxylic acid groups (broad SMARTS) is 2. The van der Waals surface area contributed by atoms with Crippen LogP contribution in [0.15, 0.2) is 5.38 Å². The lowest BCUT2D eigenvalue weighted by Crippen LogP contribution is -1.94. The molecule has 0 fully saturated rings. The molecule has 0 spiro atoms. The minimum absolute atomic E-state index is 0.0513. The van der Waals surface area contributed by atoms with E-state index in [1.54, 1.807) is 0 Å². The summed E-state index contributed by atoms with van der Waals surface area (Å²) in [5.74, 6) is 2.68. The Labute approximate surface area is 83.0 Å². The van der Waals surface area contributed by atoms with Crippen molar-refractivity contribution in [3.05, 3.63) is 16.1 Å². The van der Waals surface area contributed by atoms with Crippen molar-refractivity contribution in [2.75, 3.05) is 0 Å². The van der Waals surface area contributed by atoms with Crippen LogP contribution in [0.25, 0.3) is 0 Å². The van der Waals surface area contributed by atoms with E-state index in [0.717, 1.165) is 11.3 Å².